The molecular weight excluding hydrogens is 164 g/mol. The van der Waals surface area contributed by atoms with Crippen molar-refractivity contribution in [2.24, 2.45) is 5.92 Å². The van der Waals surface area contributed by atoms with Crippen LogP contribution in [0, 0.1) is 5.92 Å². The van der Waals surface area contributed by atoms with E-state index in [4.69, 9.17) is 4.42 Å². The molecule has 0 aromatic carbocycles. The fourth-order valence-corrected chi connectivity index (χ4v) is 1.82. The average molecular weight is 176 g/mol. The zero-order chi connectivity index (χ0) is 9.10. The van der Waals surface area contributed by atoms with Crippen LogP contribution < -0.4 is 0 Å². The van der Waals surface area contributed by atoms with Crippen LogP contribution in [0.1, 0.15) is 24.5 Å². The van der Waals surface area contributed by atoms with Gasteiger partial charge in [0.1, 0.15) is 12.0 Å². The molecule has 1 aliphatic carbocycles. The van der Waals surface area contributed by atoms with Crippen molar-refractivity contribution in [3.8, 4) is 0 Å². The van der Waals surface area contributed by atoms with Crippen molar-refractivity contribution in [2.75, 3.05) is 0 Å². The van der Waals surface area contributed by atoms with Gasteiger partial charge in [-0.25, -0.2) is 0 Å². The van der Waals surface area contributed by atoms with Crippen molar-refractivity contribution < 1.29 is 9.21 Å². The second-order valence-corrected chi connectivity index (χ2v) is 3.36. The molecule has 68 valence electrons. The highest BCUT2D eigenvalue weighted by atomic mass is 16.3. The minimum absolute atomic E-state index is 0.0937. The van der Waals surface area contributed by atoms with Crippen LogP contribution in [0.5, 0.6) is 0 Å². The Morgan fingerprint density at radius 2 is 2.23 bits per heavy atom. The lowest BCUT2D eigenvalue weighted by Crippen LogP contribution is -2.15. The van der Waals surface area contributed by atoms with Gasteiger partial charge in [0.05, 0.1) is 6.26 Å². The third kappa shape index (κ3) is 1.57. The molecule has 0 radical (unpaired) electrons. The van der Waals surface area contributed by atoms with E-state index in [1.165, 1.54) is 0 Å². The summed E-state index contributed by atoms with van der Waals surface area (Å²) in [6.07, 6.45) is 8.64. The van der Waals surface area contributed by atoms with E-state index >= 15 is 0 Å². The number of carbonyl (C=O) groups is 1. The summed E-state index contributed by atoms with van der Waals surface area (Å²) < 4.78 is 5.31. The van der Waals surface area contributed by atoms with E-state index in [9.17, 15) is 4.79 Å². The highest BCUT2D eigenvalue weighted by molar-refractivity contribution is 5.56. The maximum atomic E-state index is 10.8. The molecule has 1 aromatic rings. The standard InChI is InChI=1S/C11H12O2/c12-8-9-4-1-2-5-10(9)11-6-3-7-13-11/h1-3,6-10H,4-5H2. The number of allylic oxidation sites excluding steroid dienone is 2. The molecule has 0 fully saturated rings. The van der Waals surface area contributed by atoms with E-state index in [1.54, 1.807) is 6.26 Å². The number of hydrogen-bond donors (Lipinski definition) is 0. The fraction of sp³-hybridized carbons (Fsp3) is 0.364. The molecule has 1 aliphatic rings. The van der Waals surface area contributed by atoms with Crippen molar-refractivity contribution in [1.82, 2.24) is 0 Å². The van der Waals surface area contributed by atoms with Gasteiger partial charge in [-0.15, -0.1) is 0 Å². The summed E-state index contributed by atoms with van der Waals surface area (Å²) >= 11 is 0. The predicted molar refractivity (Wildman–Crippen MR) is 49.4 cm³/mol. The molecular formula is C11H12O2. The van der Waals surface area contributed by atoms with E-state index in [0.717, 1.165) is 24.9 Å². The molecule has 2 atom stereocenters. The first-order valence-corrected chi connectivity index (χ1v) is 4.55. The van der Waals surface area contributed by atoms with Gasteiger partial charge in [0.2, 0.25) is 0 Å². The normalized spacial score (nSPS) is 27.4. The van der Waals surface area contributed by atoms with Gasteiger partial charge >= 0.3 is 0 Å². The van der Waals surface area contributed by atoms with E-state index in [2.05, 4.69) is 12.2 Å². The molecule has 1 aromatic heterocycles. The minimum atomic E-state index is 0.0937. The Bertz CT molecular complexity index is 298. The quantitative estimate of drug-likeness (QED) is 0.512. The molecule has 0 N–H and O–H groups in total. The molecule has 2 nitrogen and oxygen atoms in total. The lowest BCUT2D eigenvalue weighted by molar-refractivity contribution is -0.111. The van der Waals surface area contributed by atoms with Crippen molar-refractivity contribution in [3.63, 3.8) is 0 Å². The first-order valence-electron chi connectivity index (χ1n) is 4.55. The number of hydrogen-bond acceptors (Lipinski definition) is 2. The van der Waals surface area contributed by atoms with Gasteiger partial charge in [-0.3, -0.25) is 0 Å². The van der Waals surface area contributed by atoms with Crippen molar-refractivity contribution in [1.29, 1.82) is 0 Å². The Morgan fingerprint density at radius 1 is 1.38 bits per heavy atom. The Hall–Kier alpha value is -1.31. The highest BCUT2D eigenvalue weighted by Crippen LogP contribution is 2.33. The molecule has 0 spiro atoms. The van der Waals surface area contributed by atoms with Gasteiger partial charge in [-0.05, 0) is 25.0 Å². The topological polar surface area (TPSA) is 30.2 Å². The maximum absolute atomic E-state index is 10.8. The average Bonchev–Trinajstić information content (AvgIpc) is 2.70. The van der Waals surface area contributed by atoms with Gasteiger partial charge in [0.15, 0.2) is 0 Å². The van der Waals surface area contributed by atoms with E-state index in [-0.39, 0.29) is 11.8 Å². The lowest BCUT2D eigenvalue weighted by Gasteiger charge is -2.21. The van der Waals surface area contributed by atoms with Crippen molar-refractivity contribution in [2.45, 2.75) is 18.8 Å². The predicted octanol–water partition coefficient (Wildman–Crippen LogP) is 2.53. The van der Waals surface area contributed by atoms with Crippen LogP contribution in [0.4, 0.5) is 0 Å². The highest BCUT2D eigenvalue weighted by Gasteiger charge is 2.25. The van der Waals surface area contributed by atoms with Gasteiger partial charge in [0, 0.05) is 11.8 Å². The summed E-state index contributed by atoms with van der Waals surface area (Å²) in [5.74, 6) is 1.27. The van der Waals surface area contributed by atoms with E-state index in [1.807, 2.05) is 12.1 Å². The molecule has 2 unspecified atom stereocenters. The molecule has 0 aliphatic heterocycles. The lowest BCUT2D eigenvalue weighted by atomic mass is 9.82. The molecule has 13 heavy (non-hydrogen) atoms. The van der Waals surface area contributed by atoms with Crippen LogP contribution in [0.3, 0.4) is 0 Å². The summed E-state index contributed by atoms with van der Waals surface area (Å²) in [6.45, 7) is 0. The van der Waals surface area contributed by atoms with Crippen LogP contribution in [0.15, 0.2) is 35.0 Å². The van der Waals surface area contributed by atoms with Crippen molar-refractivity contribution >= 4 is 6.29 Å². The zero-order valence-electron chi connectivity index (χ0n) is 7.35. The SMILES string of the molecule is O=CC1CC=CCC1c1ccco1. The second-order valence-electron chi connectivity index (χ2n) is 3.36. The van der Waals surface area contributed by atoms with Crippen LogP contribution in [-0.2, 0) is 4.79 Å². The number of aldehydes is 1. The third-order valence-electron chi connectivity index (χ3n) is 2.57. The smallest absolute Gasteiger partial charge is 0.124 e. The second kappa shape index (κ2) is 3.60. The number of furan rings is 1. The van der Waals surface area contributed by atoms with Crippen LogP contribution in [-0.4, -0.2) is 6.29 Å². The Kier molecular flexibility index (Phi) is 2.30. The van der Waals surface area contributed by atoms with Gasteiger partial charge in [-0.1, -0.05) is 12.2 Å². The molecule has 0 bridgehead atoms. The summed E-state index contributed by atoms with van der Waals surface area (Å²) in [5, 5.41) is 0. The third-order valence-corrected chi connectivity index (χ3v) is 2.57. The van der Waals surface area contributed by atoms with Crippen LogP contribution >= 0.6 is 0 Å². The van der Waals surface area contributed by atoms with Crippen LogP contribution in [0.2, 0.25) is 0 Å². The first kappa shape index (κ1) is 8.30. The van der Waals surface area contributed by atoms with Gasteiger partial charge < -0.3 is 9.21 Å². The summed E-state index contributed by atoms with van der Waals surface area (Å²) in [4.78, 5) is 10.8. The number of rotatable bonds is 2. The molecule has 0 amide bonds. The molecule has 0 saturated carbocycles. The van der Waals surface area contributed by atoms with E-state index in [0.29, 0.717) is 0 Å². The summed E-state index contributed by atoms with van der Waals surface area (Å²) in [5.41, 5.74) is 0. The Morgan fingerprint density at radius 3 is 2.92 bits per heavy atom. The van der Waals surface area contributed by atoms with Gasteiger partial charge in [0.25, 0.3) is 0 Å². The monoisotopic (exact) mass is 176 g/mol. The van der Waals surface area contributed by atoms with E-state index < -0.39 is 0 Å². The van der Waals surface area contributed by atoms with Crippen molar-refractivity contribution in [3.05, 3.63) is 36.3 Å². The first-order chi connectivity index (χ1) is 6.42. The Balaban J connectivity index is 2.22. The fourth-order valence-electron chi connectivity index (χ4n) is 1.82. The molecule has 2 heteroatoms. The minimum Gasteiger partial charge on any atom is -0.469 e. The zero-order valence-corrected chi connectivity index (χ0v) is 7.35. The maximum Gasteiger partial charge on any atom is 0.124 e. The Labute approximate surface area is 77.2 Å². The molecule has 2 rings (SSSR count). The summed E-state index contributed by atoms with van der Waals surface area (Å²) in [6, 6.07) is 3.82. The van der Waals surface area contributed by atoms with Gasteiger partial charge in [-0.2, -0.15) is 0 Å². The molecule has 1 heterocycles. The summed E-state index contributed by atoms with van der Waals surface area (Å²) in [7, 11) is 0. The largest absolute Gasteiger partial charge is 0.469 e. The number of carbonyl (C=O) groups excluding carboxylic acids is 1. The molecule has 0 saturated heterocycles. The van der Waals surface area contributed by atoms with Crippen LogP contribution in [0.25, 0.3) is 0 Å².